The molecule has 0 aliphatic rings. The molecule has 0 aromatic heterocycles. The number of anilines is 4. The number of amides is 4. The van der Waals surface area contributed by atoms with E-state index in [4.69, 9.17) is 23.2 Å². The summed E-state index contributed by atoms with van der Waals surface area (Å²) in [6.07, 6.45) is 0. The van der Waals surface area contributed by atoms with Gasteiger partial charge < -0.3 is 21.3 Å². The number of urea groups is 2. The van der Waals surface area contributed by atoms with Gasteiger partial charge >= 0.3 is 12.1 Å². The minimum absolute atomic E-state index is 0.428. The fourth-order valence-electron chi connectivity index (χ4n) is 2.39. The van der Waals surface area contributed by atoms with Gasteiger partial charge in [-0.1, -0.05) is 41.4 Å². The summed E-state index contributed by atoms with van der Waals surface area (Å²) in [5, 5.41) is 11.8. The zero-order valence-corrected chi connectivity index (χ0v) is 16.0. The maximum absolute atomic E-state index is 12.1. The third kappa shape index (κ3) is 5.90. The second-order valence-electron chi connectivity index (χ2n) is 5.76. The van der Waals surface area contributed by atoms with Gasteiger partial charge in [0, 0.05) is 32.8 Å². The van der Waals surface area contributed by atoms with E-state index in [1.165, 1.54) is 0 Å². The predicted octanol–water partition coefficient (Wildman–Crippen LogP) is 6.28. The summed E-state index contributed by atoms with van der Waals surface area (Å²) in [7, 11) is 0. The Morgan fingerprint density at radius 2 is 0.857 bits per heavy atom. The molecule has 6 nitrogen and oxygen atoms in total. The number of hydrogen-bond acceptors (Lipinski definition) is 2. The summed E-state index contributed by atoms with van der Waals surface area (Å²) in [5.74, 6) is 0. The summed E-state index contributed by atoms with van der Waals surface area (Å²) in [5.41, 5.74) is 2.17. The minimum atomic E-state index is -0.428. The molecule has 0 spiro atoms. The van der Waals surface area contributed by atoms with Crippen LogP contribution in [0.4, 0.5) is 32.3 Å². The lowest BCUT2D eigenvalue weighted by Crippen LogP contribution is -2.21. The first-order chi connectivity index (χ1) is 13.5. The van der Waals surface area contributed by atoms with Crippen LogP contribution in [-0.2, 0) is 0 Å². The van der Waals surface area contributed by atoms with Crippen molar-refractivity contribution in [3.63, 3.8) is 0 Å². The van der Waals surface area contributed by atoms with Gasteiger partial charge in [0.1, 0.15) is 0 Å². The SMILES string of the molecule is O=C(Nc1cccc(Cl)c1)Nc1cccc(NC(=O)Nc2cccc(Cl)c2)c1. The Balaban J connectivity index is 1.58. The lowest BCUT2D eigenvalue weighted by atomic mass is 10.2. The Morgan fingerprint density at radius 1 is 0.536 bits per heavy atom. The van der Waals surface area contributed by atoms with Gasteiger partial charge in [0.05, 0.1) is 0 Å². The maximum atomic E-state index is 12.1. The van der Waals surface area contributed by atoms with E-state index >= 15 is 0 Å². The lowest BCUT2D eigenvalue weighted by molar-refractivity contribution is 0.261. The molecule has 0 unspecified atom stereocenters. The molecule has 4 N–H and O–H groups in total. The molecule has 3 aromatic carbocycles. The van der Waals surface area contributed by atoms with Crippen LogP contribution < -0.4 is 21.3 Å². The first-order valence-electron chi connectivity index (χ1n) is 8.25. The second kappa shape index (κ2) is 9.12. The van der Waals surface area contributed by atoms with Gasteiger partial charge in [0.2, 0.25) is 0 Å². The van der Waals surface area contributed by atoms with Gasteiger partial charge in [0.15, 0.2) is 0 Å². The third-order valence-corrected chi connectivity index (χ3v) is 4.01. The van der Waals surface area contributed by atoms with E-state index in [0.29, 0.717) is 32.8 Å². The number of halogens is 2. The number of carbonyl (C=O) groups excluding carboxylic acids is 2. The second-order valence-corrected chi connectivity index (χ2v) is 6.63. The molecule has 3 rings (SSSR count). The molecular formula is C20H16Cl2N4O2. The molecule has 0 aliphatic carbocycles. The van der Waals surface area contributed by atoms with Crippen LogP contribution in [0.2, 0.25) is 10.0 Å². The number of carbonyl (C=O) groups is 2. The zero-order valence-electron chi connectivity index (χ0n) is 14.5. The quantitative estimate of drug-likeness (QED) is 0.404. The number of hydrogen-bond donors (Lipinski definition) is 4. The average molecular weight is 415 g/mol. The number of nitrogens with one attached hydrogen (secondary N) is 4. The molecule has 3 aromatic rings. The molecule has 142 valence electrons. The van der Waals surface area contributed by atoms with E-state index in [-0.39, 0.29) is 0 Å². The van der Waals surface area contributed by atoms with Gasteiger partial charge in [-0.3, -0.25) is 0 Å². The zero-order chi connectivity index (χ0) is 19.9. The summed E-state index contributed by atoms with van der Waals surface area (Å²) < 4.78 is 0. The van der Waals surface area contributed by atoms with Crippen molar-refractivity contribution in [1.29, 1.82) is 0 Å². The molecule has 28 heavy (non-hydrogen) atoms. The van der Waals surface area contributed by atoms with Crippen molar-refractivity contribution in [2.45, 2.75) is 0 Å². The smallest absolute Gasteiger partial charge is 0.308 e. The highest BCUT2D eigenvalue weighted by Crippen LogP contribution is 2.19. The summed E-state index contributed by atoms with van der Waals surface area (Å²) in [6.45, 7) is 0. The van der Waals surface area contributed by atoms with E-state index in [0.717, 1.165) is 0 Å². The van der Waals surface area contributed by atoms with Gasteiger partial charge in [-0.15, -0.1) is 0 Å². The van der Waals surface area contributed by atoms with Crippen LogP contribution in [0.5, 0.6) is 0 Å². The Labute approximate surface area is 171 Å². The normalized spacial score (nSPS) is 10.1. The Morgan fingerprint density at radius 3 is 1.21 bits per heavy atom. The van der Waals surface area contributed by atoms with Gasteiger partial charge in [-0.05, 0) is 54.6 Å². The molecule has 8 heteroatoms. The van der Waals surface area contributed by atoms with Crippen molar-refractivity contribution in [1.82, 2.24) is 0 Å². The van der Waals surface area contributed by atoms with Crippen molar-refractivity contribution in [2.24, 2.45) is 0 Å². The number of benzene rings is 3. The summed E-state index contributed by atoms with van der Waals surface area (Å²) >= 11 is 11.8. The highest BCUT2D eigenvalue weighted by Gasteiger charge is 2.06. The van der Waals surface area contributed by atoms with E-state index in [1.54, 1.807) is 72.8 Å². The molecule has 0 radical (unpaired) electrons. The standard InChI is InChI=1S/C20H16Cl2N4O2/c21-13-4-1-6-15(10-13)23-19(27)25-17-8-3-9-18(12-17)26-20(28)24-16-7-2-5-14(22)11-16/h1-12H,(H2,23,25,27)(H2,24,26,28). The molecular weight excluding hydrogens is 399 g/mol. The molecule has 0 fully saturated rings. The number of rotatable bonds is 4. The molecule has 0 bridgehead atoms. The molecule has 0 saturated heterocycles. The molecule has 0 atom stereocenters. The van der Waals surface area contributed by atoms with Crippen LogP contribution in [0.25, 0.3) is 0 Å². The molecule has 4 amide bonds. The van der Waals surface area contributed by atoms with Gasteiger partial charge in [0.25, 0.3) is 0 Å². The Kier molecular flexibility index (Phi) is 6.37. The topological polar surface area (TPSA) is 82.3 Å². The van der Waals surface area contributed by atoms with Crippen LogP contribution in [0.15, 0.2) is 72.8 Å². The summed E-state index contributed by atoms with van der Waals surface area (Å²) in [6, 6.07) is 19.5. The third-order valence-electron chi connectivity index (χ3n) is 3.54. The van der Waals surface area contributed by atoms with Crippen LogP contribution in [0.1, 0.15) is 0 Å². The Bertz CT molecular complexity index is 934. The fourth-order valence-corrected chi connectivity index (χ4v) is 2.77. The average Bonchev–Trinajstić information content (AvgIpc) is 2.61. The van der Waals surface area contributed by atoms with Crippen LogP contribution in [0.3, 0.4) is 0 Å². The van der Waals surface area contributed by atoms with E-state index in [9.17, 15) is 9.59 Å². The van der Waals surface area contributed by atoms with E-state index < -0.39 is 12.1 Å². The molecule has 0 aliphatic heterocycles. The van der Waals surface area contributed by atoms with Crippen LogP contribution in [0, 0.1) is 0 Å². The monoisotopic (exact) mass is 414 g/mol. The van der Waals surface area contributed by atoms with Gasteiger partial charge in [-0.25, -0.2) is 9.59 Å². The first-order valence-corrected chi connectivity index (χ1v) is 9.01. The first kappa shape index (κ1) is 19.5. The van der Waals surface area contributed by atoms with Crippen molar-refractivity contribution in [2.75, 3.05) is 21.3 Å². The largest absolute Gasteiger partial charge is 0.323 e. The van der Waals surface area contributed by atoms with Crippen LogP contribution in [-0.4, -0.2) is 12.1 Å². The highest BCUT2D eigenvalue weighted by atomic mass is 35.5. The molecule has 0 heterocycles. The molecule has 0 saturated carbocycles. The van der Waals surface area contributed by atoms with Crippen molar-refractivity contribution < 1.29 is 9.59 Å². The van der Waals surface area contributed by atoms with Crippen molar-refractivity contribution in [3.05, 3.63) is 82.8 Å². The van der Waals surface area contributed by atoms with E-state index in [2.05, 4.69) is 21.3 Å². The Hall–Kier alpha value is -3.22. The minimum Gasteiger partial charge on any atom is -0.308 e. The van der Waals surface area contributed by atoms with Crippen molar-refractivity contribution in [3.8, 4) is 0 Å². The van der Waals surface area contributed by atoms with E-state index in [1.807, 2.05) is 0 Å². The predicted molar refractivity (Wildman–Crippen MR) is 115 cm³/mol. The summed E-state index contributed by atoms with van der Waals surface area (Å²) in [4.78, 5) is 24.2. The maximum Gasteiger partial charge on any atom is 0.323 e. The van der Waals surface area contributed by atoms with Crippen molar-refractivity contribution >= 4 is 58.0 Å². The lowest BCUT2D eigenvalue weighted by Gasteiger charge is -2.11. The highest BCUT2D eigenvalue weighted by molar-refractivity contribution is 6.31. The fraction of sp³-hybridized carbons (Fsp3) is 0. The van der Waals surface area contributed by atoms with Crippen LogP contribution >= 0.6 is 23.2 Å². The van der Waals surface area contributed by atoms with Gasteiger partial charge in [-0.2, -0.15) is 0 Å².